The molecule has 1 unspecified atom stereocenters. The van der Waals surface area contributed by atoms with E-state index in [0.717, 1.165) is 16.0 Å². The molecule has 0 aliphatic carbocycles. The Hall–Kier alpha value is -2.44. The molecule has 3 N–H and O–H groups in total. The molecule has 0 saturated heterocycles. The van der Waals surface area contributed by atoms with Crippen LogP contribution >= 0.6 is 11.6 Å². The second kappa shape index (κ2) is 10.8. The van der Waals surface area contributed by atoms with Crippen molar-refractivity contribution < 1.29 is 18.9 Å². The first kappa shape index (κ1) is 21.9. The fraction of sp³-hybridized carbons (Fsp3) is 0.333. The maximum atomic E-state index is 12.9. The van der Waals surface area contributed by atoms with E-state index in [1.165, 1.54) is 12.1 Å². The van der Waals surface area contributed by atoms with Gasteiger partial charge in [-0.3, -0.25) is 9.59 Å². The summed E-state index contributed by atoms with van der Waals surface area (Å²) in [4.78, 5) is 25.3. The van der Waals surface area contributed by atoms with Gasteiger partial charge in [0.15, 0.2) is 13.1 Å². The van der Waals surface area contributed by atoms with Gasteiger partial charge < -0.3 is 15.5 Å². The predicted octanol–water partition coefficient (Wildman–Crippen LogP) is 1.99. The van der Waals surface area contributed by atoms with Crippen molar-refractivity contribution in [2.45, 2.75) is 20.3 Å². The molecule has 2 amide bonds. The van der Waals surface area contributed by atoms with Gasteiger partial charge in [-0.1, -0.05) is 29.8 Å². The maximum absolute atomic E-state index is 12.9. The SMILES string of the molecule is CC[NH+](CC(=O)NCCc1ccc(F)cc1)CC(=O)Nc1cc(Cl)ccc1C. The highest BCUT2D eigenvalue weighted by Gasteiger charge is 2.17. The number of hydrogen-bond acceptors (Lipinski definition) is 2. The summed E-state index contributed by atoms with van der Waals surface area (Å²) >= 11 is 5.97. The van der Waals surface area contributed by atoms with Gasteiger partial charge in [0.1, 0.15) is 5.82 Å². The van der Waals surface area contributed by atoms with Crippen LogP contribution in [0, 0.1) is 12.7 Å². The third kappa shape index (κ3) is 7.29. The molecule has 2 rings (SSSR count). The van der Waals surface area contributed by atoms with Gasteiger partial charge in [0.25, 0.3) is 11.8 Å². The lowest BCUT2D eigenvalue weighted by Gasteiger charge is -2.17. The lowest BCUT2D eigenvalue weighted by Crippen LogP contribution is -3.14. The molecule has 7 heteroatoms. The zero-order chi connectivity index (χ0) is 20.5. The minimum Gasteiger partial charge on any atom is -0.351 e. The first-order valence-corrected chi connectivity index (χ1v) is 9.66. The number of halogens is 2. The average Bonchev–Trinajstić information content (AvgIpc) is 2.65. The van der Waals surface area contributed by atoms with Crippen molar-refractivity contribution in [3.8, 4) is 0 Å². The van der Waals surface area contributed by atoms with E-state index in [9.17, 15) is 14.0 Å². The van der Waals surface area contributed by atoms with Crippen molar-refractivity contribution in [2.75, 3.05) is 31.5 Å². The van der Waals surface area contributed by atoms with Gasteiger partial charge in [0.2, 0.25) is 0 Å². The predicted molar refractivity (Wildman–Crippen MR) is 109 cm³/mol. The minimum absolute atomic E-state index is 0.120. The van der Waals surface area contributed by atoms with E-state index in [2.05, 4.69) is 10.6 Å². The van der Waals surface area contributed by atoms with Crippen LogP contribution in [0.4, 0.5) is 10.1 Å². The Balaban J connectivity index is 1.77. The fourth-order valence-corrected chi connectivity index (χ4v) is 2.92. The molecular weight excluding hydrogens is 381 g/mol. The Morgan fingerprint density at radius 1 is 1.07 bits per heavy atom. The molecule has 2 aromatic carbocycles. The number of amides is 2. The fourth-order valence-electron chi connectivity index (χ4n) is 2.75. The summed E-state index contributed by atoms with van der Waals surface area (Å²) in [5, 5.41) is 6.26. The van der Waals surface area contributed by atoms with E-state index >= 15 is 0 Å². The molecule has 0 heterocycles. The van der Waals surface area contributed by atoms with Crippen LogP contribution in [0.5, 0.6) is 0 Å². The highest BCUT2D eigenvalue weighted by Crippen LogP contribution is 2.19. The number of carbonyl (C=O) groups is 2. The van der Waals surface area contributed by atoms with Gasteiger partial charge in [-0.2, -0.15) is 0 Å². The van der Waals surface area contributed by atoms with E-state index < -0.39 is 0 Å². The number of anilines is 1. The molecule has 0 aliphatic rings. The Morgan fingerprint density at radius 2 is 1.75 bits per heavy atom. The van der Waals surface area contributed by atoms with Crippen LogP contribution in [0.25, 0.3) is 0 Å². The smallest absolute Gasteiger partial charge is 0.279 e. The summed E-state index contributed by atoms with van der Waals surface area (Å²) in [6, 6.07) is 11.5. The summed E-state index contributed by atoms with van der Waals surface area (Å²) in [7, 11) is 0. The van der Waals surface area contributed by atoms with Gasteiger partial charge in [0.05, 0.1) is 6.54 Å². The summed E-state index contributed by atoms with van der Waals surface area (Å²) in [6.45, 7) is 5.34. The van der Waals surface area contributed by atoms with Crippen LogP contribution in [0.2, 0.25) is 5.02 Å². The third-order valence-electron chi connectivity index (χ3n) is 4.44. The van der Waals surface area contributed by atoms with Gasteiger partial charge in [-0.25, -0.2) is 4.39 Å². The quantitative estimate of drug-likeness (QED) is 0.596. The zero-order valence-corrected chi connectivity index (χ0v) is 16.9. The Labute approximate surface area is 169 Å². The van der Waals surface area contributed by atoms with Crippen LogP contribution in [0.1, 0.15) is 18.1 Å². The van der Waals surface area contributed by atoms with Crippen LogP contribution in [-0.2, 0) is 16.0 Å². The van der Waals surface area contributed by atoms with E-state index in [1.807, 2.05) is 19.9 Å². The lowest BCUT2D eigenvalue weighted by atomic mass is 10.1. The minimum atomic E-state index is -0.277. The molecule has 0 radical (unpaired) electrons. The highest BCUT2D eigenvalue weighted by molar-refractivity contribution is 6.31. The Bertz CT molecular complexity index is 812. The van der Waals surface area contributed by atoms with Gasteiger partial charge in [-0.05, 0) is 55.7 Å². The number of likely N-dealkylation sites (N-methyl/N-ethyl adjacent to an activating group) is 1. The lowest BCUT2D eigenvalue weighted by molar-refractivity contribution is -0.881. The second-order valence-electron chi connectivity index (χ2n) is 6.69. The Morgan fingerprint density at radius 3 is 2.43 bits per heavy atom. The number of carbonyl (C=O) groups excluding carboxylic acids is 2. The summed E-state index contributed by atoms with van der Waals surface area (Å²) in [5.41, 5.74) is 2.56. The molecule has 0 fully saturated rings. The monoisotopic (exact) mass is 406 g/mol. The molecule has 28 heavy (non-hydrogen) atoms. The van der Waals surface area contributed by atoms with Gasteiger partial charge in [0, 0.05) is 17.3 Å². The molecule has 0 saturated carbocycles. The highest BCUT2D eigenvalue weighted by atomic mass is 35.5. The molecule has 5 nitrogen and oxygen atoms in total. The number of rotatable bonds is 9. The third-order valence-corrected chi connectivity index (χ3v) is 4.68. The number of quaternary nitrogens is 1. The van der Waals surface area contributed by atoms with Crippen molar-refractivity contribution in [1.29, 1.82) is 0 Å². The molecule has 0 spiro atoms. The second-order valence-corrected chi connectivity index (χ2v) is 7.13. The molecule has 0 aliphatic heterocycles. The van der Waals surface area contributed by atoms with Crippen molar-refractivity contribution in [2.24, 2.45) is 0 Å². The summed E-state index contributed by atoms with van der Waals surface area (Å²) < 4.78 is 12.9. The van der Waals surface area contributed by atoms with Crippen LogP contribution in [0.15, 0.2) is 42.5 Å². The van der Waals surface area contributed by atoms with Crippen molar-refractivity contribution in [1.82, 2.24) is 5.32 Å². The largest absolute Gasteiger partial charge is 0.351 e. The number of aryl methyl sites for hydroxylation is 1. The summed E-state index contributed by atoms with van der Waals surface area (Å²) in [6.07, 6.45) is 0.627. The first-order chi connectivity index (χ1) is 13.4. The Kier molecular flexibility index (Phi) is 8.42. The van der Waals surface area contributed by atoms with Gasteiger partial charge in [-0.15, -0.1) is 0 Å². The normalized spacial score (nSPS) is 11.7. The number of hydrogen-bond donors (Lipinski definition) is 3. The first-order valence-electron chi connectivity index (χ1n) is 9.28. The van der Waals surface area contributed by atoms with Gasteiger partial charge >= 0.3 is 0 Å². The van der Waals surface area contributed by atoms with Crippen molar-refractivity contribution >= 4 is 29.1 Å². The molecular formula is C21H26ClFN3O2+. The van der Waals surface area contributed by atoms with Crippen molar-refractivity contribution in [3.63, 3.8) is 0 Å². The maximum Gasteiger partial charge on any atom is 0.279 e. The van der Waals surface area contributed by atoms with Crippen LogP contribution in [-0.4, -0.2) is 38.0 Å². The van der Waals surface area contributed by atoms with E-state index in [0.29, 0.717) is 30.2 Å². The molecule has 150 valence electrons. The van der Waals surface area contributed by atoms with E-state index in [-0.39, 0.29) is 30.7 Å². The number of benzene rings is 2. The summed E-state index contributed by atoms with van der Waals surface area (Å²) in [5.74, 6) is -0.562. The topological polar surface area (TPSA) is 62.6 Å². The van der Waals surface area contributed by atoms with Crippen LogP contribution < -0.4 is 15.5 Å². The molecule has 0 bridgehead atoms. The molecule has 1 atom stereocenters. The van der Waals surface area contributed by atoms with Crippen LogP contribution in [0.3, 0.4) is 0 Å². The van der Waals surface area contributed by atoms with Crippen molar-refractivity contribution in [3.05, 3.63) is 64.4 Å². The zero-order valence-electron chi connectivity index (χ0n) is 16.1. The van der Waals surface area contributed by atoms with E-state index in [1.54, 1.807) is 24.3 Å². The van der Waals surface area contributed by atoms with E-state index in [4.69, 9.17) is 11.6 Å². The molecule has 2 aromatic rings. The average molecular weight is 407 g/mol. The molecule has 0 aromatic heterocycles. The number of nitrogens with one attached hydrogen (secondary N) is 3. The standard InChI is InChI=1S/C21H25ClFN3O2/c1-3-26(14-21(28)25-19-12-17(22)7-4-15(19)2)13-20(27)24-11-10-16-5-8-18(23)9-6-16/h4-9,12H,3,10-11,13-14H2,1-2H3,(H,24,27)(H,25,28)/p+1.